The van der Waals surface area contributed by atoms with Gasteiger partial charge in [-0.3, -0.25) is 9.69 Å². The minimum absolute atomic E-state index is 0.00270. The van der Waals surface area contributed by atoms with E-state index in [2.05, 4.69) is 16.8 Å². The number of pyridine rings is 1. The largest absolute Gasteiger partial charge is 0.506 e. The van der Waals surface area contributed by atoms with Crippen LogP contribution in [0.3, 0.4) is 0 Å². The summed E-state index contributed by atoms with van der Waals surface area (Å²) in [5.41, 5.74) is 1.03. The predicted octanol–water partition coefficient (Wildman–Crippen LogP) is 3.60. The molecule has 3 atom stereocenters. The zero-order chi connectivity index (χ0) is 19.9. The number of nitrogens with zero attached hydrogens (tertiary/aromatic N) is 2. The molecular formula is C22H25FN2O3. The second kappa shape index (κ2) is 7.17. The molecule has 5 nitrogen and oxygen atoms in total. The van der Waals surface area contributed by atoms with Gasteiger partial charge in [0.25, 0.3) is 0 Å². The van der Waals surface area contributed by atoms with E-state index < -0.39 is 0 Å². The molecule has 2 fully saturated rings. The number of likely N-dealkylation sites (tertiary alicyclic amines) is 1. The summed E-state index contributed by atoms with van der Waals surface area (Å²) in [6.07, 6.45) is 3.02. The molecule has 2 heterocycles. The first-order chi connectivity index (χ1) is 13.3. The zero-order valence-corrected chi connectivity index (χ0v) is 16.2. The molecule has 1 aromatic heterocycles. The van der Waals surface area contributed by atoms with E-state index in [9.17, 15) is 14.3 Å². The topological polar surface area (TPSA) is 62.7 Å². The summed E-state index contributed by atoms with van der Waals surface area (Å²) in [6.45, 7) is 5.94. The molecule has 1 aliphatic heterocycles. The Morgan fingerprint density at radius 3 is 2.93 bits per heavy atom. The number of aromatic nitrogens is 1. The number of fused-ring (bicyclic) bond motifs is 1. The maximum atomic E-state index is 14.2. The normalized spacial score (nSPS) is 27.0. The molecule has 0 unspecified atom stereocenters. The highest BCUT2D eigenvalue weighted by Crippen LogP contribution is 2.49. The van der Waals surface area contributed by atoms with Gasteiger partial charge in [0.05, 0.1) is 18.8 Å². The minimum atomic E-state index is -0.279. The Bertz CT molecular complexity index is 886. The molecule has 2 aliphatic rings. The Morgan fingerprint density at radius 1 is 1.39 bits per heavy atom. The lowest BCUT2D eigenvalue weighted by atomic mass is 9.83. The van der Waals surface area contributed by atoms with Gasteiger partial charge >= 0.3 is 0 Å². The van der Waals surface area contributed by atoms with Crippen LogP contribution in [0.25, 0.3) is 0 Å². The standard InChI is InChI=1S/C22H25FN2O3/c1-14-4-3-5-20(21(14)23)28-17-8-15-11-25(13-22(15,2)9-17)12-19(27)18-7-6-16(26)10-24-18/h3-7,10,15,17,26H,8-9,11-13H2,1-2H3/t15-,17+,22+/m1/s1. The number of aryl methyl sites for hydroxylation is 1. The SMILES string of the molecule is Cc1cccc(O[C@H]2C[C@@H]3CN(CC(=O)c4ccc(O)cn4)C[C@]3(C)C2)c1F. The number of rotatable bonds is 5. The van der Waals surface area contributed by atoms with E-state index in [4.69, 9.17) is 4.74 Å². The minimum Gasteiger partial charge on any atom is -0.506 e. The van der Waals surface area contributed by atoms with E-state index in [1.807, 2.05) is 6.07 Å². The van der Waals surface area contributed by atoms with Crippen molar-refractivity contribution in [1.29, 1.82) is 0 Å². The van der Waals surface area contributed by atoms with Crippen LogP contribution >= 0.6 is 0 Å². The predicted molar refractivity (Wildman–Crippen MR) is 103 cm³/mol. The smallest absolute Gasteiger partial charge is 0.195 e. The fourth-order valence-electron chi connectivity index (χ4n) is 4.68. The number of ketones is 1. The second-order valence-corrected chi connectivity index (χ2v) is 8.41. The summed E-state index contributed by atoms with van der Waals surface area (Å²) >= 11 is 0. The first-order valence-electron chi connectivity index (χ1n) is 9.66. The van der Waals surface area contributed by atoms with Gasteiger partial charge in [-0.15, -0.1) is 0 Å². The summed E-state index contributed by atoms with van der Waals surface area (Å²) in [5, 5.41) is 9.31. The lowest BCUT2D eigenvalue weighted by Gasteiger charge is -2.24. The molecule has 0 radical (unpaired) electrons. The summed E-state index contributed by atoms with van der Waals surface area (Å²) in [6, 6.07) is 8.28. The summed E-state index contributed by atoms with van der Waals surface area (Å²) in [4.78, 5) is 18.6. The number of carbonyl (C=O) groups is 1. The first-order valence-corrected chi connectivity index (χ1v) is 9.66. The maximum absolute atomic E-state index is 14.2. The van der Waals surface area contributed by atoms with E-state index in [-0.39, 0.29) is 28.9 Å². The van der Waals surface area contributed by atoms with Crippen LogP contribution in [0.1, 0.15) is 35.8 Å². The van der Waals surface area contributed by atoms with Gasteiger partial charge in [-0.1, -0.05) is 19.1 Å². The maximum Gasteiger partial charge on any atom is 0.195 e. The summed E-state index contributed by atoms with van der Waals surface area (Å²) < 4.78 is 20.2. The highest BCUT2D eigenvalue weighted by Gasteiger charge is 2.50. The highest BCUT2D eigenvalue weighted by atomic mass is 19.1. The lowest BCUT2D eigenvalue weighted by Crippen LogP contribution is -2.32. The molecule has 0 amide bonds. The molecule has 0 spiro atoms. The van der Waals surface area contributed by atoms with E-state index in [1.165, 1.54) is 12.3 Å². The monoisotopic (exact) mass is 384 g/mol. The quantitative estimate of drug-likeness (QED) is 0.798. The van der Waals surface area contributed by atoms with Gasteiger partial charge in [-0.05, 0) is 54.9 Å². The van der Waals surface area contributed by atoms with E-state index in [1.54, 1.807) is 25.1 Å². The van der Waals surface area contributed by atoms with Crippen LogP contribution in [-0.2, 0) is 0 Å². The molecule has 28 heavy (non-hydrogen) atoms. The molecule has 1 N–H and O–H groups in total. The van der Waals surface area contributed by atoms with Gasteiger partial charge in [-0.25, -0.2) is 9.37 Å². The number of halogens is 1. The Kier molecular flexibility index (Phi) is 4.83. The zero-order valence-electron chi connectivity index (χ0n) is 16.2. The van der Waals surface area contributed by atoms with Crippen LogP contribution in [0.4, 0.5) is 4.39 Å². The lowest BCUT2D eigenvalue weighted by molar-refractivity contribution is 0.0925. The van der Waals surface area contributed by atoms with E-state index in [0.717, 1.165) is 25.9 Å². The van der Waals surface area contributed by atoms with Crippen LogP contribution in [0, 0.1) is 24.1 Å². The highest BCUT2D eigenvalue weighted by molar-refractivity contribution is 5.95. The average molecular weight is 384 g/mol. The Hall–Kier alpha value is -2.47. The molecule has 0 bridgehead atoms. The van der Waals surface area contributed by atoms with E-state index in [0.29, 0.717) is 29.5 Å². The van der Waals surface area contributed by atoms with E-state index >= 15 is 0 Å². The molecule has 1 saturated carbocycles. The van der Waals surface area contributed by atoms with Crippen LogP contribution in [-0.4, -0.2) is 46.5 Å². The first kappa shape index (κ1) is 18.9. The molecule has 4 rings (SSSR count). The molecule has 1 aliphatic carbocycles. The molecule has 2 aromatic rings. The average Bonchev–Trinajstić information content (AvgIpc) is 3.09. The van der Waals surface area contributed by atoms with Crippen molar-refractivity contribution in [2.45, 2.75) is 32.8 Å². The fraction of sp³-hybridized carbons (Fsp3) is 0.455. The number of hydrogen-bond donors (Lipinski definition) is 1. The summed E-state index contributed by atoms with van der Waals surface area (Å²) in [7, 11) is 0. The van der Waals surface area contributed by atoms with Gasteiger partial charge < -0.3 is 9.84 Å². The molecule has 148 valence electrons. The third kappa shape index (κ3) is 3.61. The van der Waals surface area contributed by atoms with Crippen molar-refractivity contribution in [2.75, 3.05) is 19.6 Å². The van der Waals surface area contributed by atoms with Gasteiger partial charge in [0.15, 0.2) is 17.3 Å². The van der Waals surface area contributed by atoms with Crippen LogP contribution in [0.2, 0.25) is 0 Å². The Labute approximate surface area is 164 Å². The number of carbonyl (C=O) groups excluding carboxylic acids is 1. The van der Waals surface area contributed by atoms with Gasteiger partial charge in [-0.2, -0.15) is 0 Å². The van der Waals surface area contributed by atoms with Crippen LogP contribution in [0.15, 0.2) is 36.5 Å². The van der Waals surface area contributed by atoms with Crippen molar-refractivity contribution in [1.82, 2.24) is 9.88 Å². The van der Waals surface area contributed by atoms with Crippen LogP contribution in [0.5, 0.6) is 11.5 Å². The fourth-order valence-corrected chi connectivity index (χ4v) is 4.68. The Balaban J connectivity index is 1.36. The molecule has 1 saturated heterocycles. The number of aromatic hydroxyl groups is 1. The number of ether oxygens (including phenoxy) is 1. The second-order valence-electron chi connectivity index (χ2n) is 8.41. The van der Waals surface area contributed by atoms with Gasteiger partial charge in [0.1, 0.15) is 11.4 Å². The van der Waals surface area contributed by atoms with Crippen molar-refractivity contribution in [3.05, 3.63) is 53.6 Å². The molecule has 1 aromatic carbocycles. The van der Waals surface area contributed by atoms with Crippen molar-refractivity contribution in [3.8, 4) is 11.5 Å². The number of benzene rings is 1. The number of Topliss-reactive ketones (excluding diaryl/α,β-unsaturated/α-hetero) is 1. The molecular weight excluding hydrogens is 359 g/mol. The van der Waals surface area contributed by atoms with Crippen molar-refractivity contribution in [3.63, 3.8) is 0 Å². The van der Waals surface area contributed by atoms with Crippen molar-refractivity contribution >= 4 is 5.78 Å². The third-order valence-electron chi connectivity index (χ3n) is 6.14. The van der Waals surface area contributed by atoms with Crippen molar-refractivity contribution in [2.24, 2.45) is 11.3 Å². The van der Waals surface area contributed by atoms with Gasteiger partial charge in [0, 0.05) is 13.1 Å². The number of hydrogen-bond acceptors (Lipinski definition) is 5. The van der Waals surface area contributed by atoms with Crippen molar-refractivity contribution < 1.29 is 19.0 Å². The molecule has 6 heteroatoms. The van der Waals surface area contributed by atoms with Gasteiger partial charge in [0.2, 0.25) is 0 Å². The van der Waals surface area contributed by atoms with Crippen LogP contribution < -0.4 is 4.74 Å². The Morgan fingerprint density at radius 2 is 2.21 bits per heavy atom. The summed E-state index contributed by atoms with van der Waals surface area (Å²) in [5.74, 6) is 0.484. The third-order valence-corrected chi connectivity index (χ3v) is 6.14.